The maximum Gasteiger partial charge on any atom is 0.245 e. The standard InChI is InChI=1S/C15H21N3O/c16-14-12-7-6-11(10-13(12)17-15(14)19)18-8-4-2-1-3-5-9-18/h6-7,10,14H,1-5,8-9,16H2,(H,17,19). The van der Waals surface area contributed by atoms with Crippen LogP contribution in [0.15, 0.2) is 18.2 Å². The molecule has 1 saturated heterocycles. The van der Waals surface area contributed by atoms with Gasteiger partial charge in [0.25, 0.3) is 0 Å². The number of fused-ring (bicyclic) bond motifs is 1. The molecule has 1 fully saturated rings. The highest BCUT2D eigenvalue weighted by atomic mass is 16.2. The summed E-state index contributed by atoms with van der Waals surface area (Å²) >= 11 is 0. The highest BCUT2D eigenvalue weighted by Gasteiger charge is 2.27. The van der Waals surface area contributed by atoms with Gasteiger partial charge in [0.2, 0.25) is 5.91 Å². The molecular weight excluding hydrogens is 238 g/mol. The molecule has 2 aliphatic rings. The monoisotopic (exact) mass is 259 g/mol. The molecule has 102 valence electrons. The summed E-state index contributed by atoms with van der Waals surface area (Å²) in [5.74, 6) is -0.0974. The van der Waals surface area contributed by atoms with Crippen molar-refractivity contribution in [2.75, 3.05) is 23.3 Å². The number of nitrogens with one attached hydrogen (secondary N) is 1. The summed E-state index contributed by atoms with van der Waals surface area (Å²) in [5.41, 5.74) is 8.85. The summed E-state index contributed by atoms with van der Waals surface area (Å²) in [6.45, 7) is 2.22. The van der Waals surface area contributed by atoms with Crippen LogP contribution >= 0.6 is 0 Å². The summed E-state index contributed by atoms with van der Waals surface area (Å²) in [7, 11) is 0. The third kappa shape index (κ3) is 2.45. The highest BCUT2D eigenvalue weighted by Crippen LogP contribution is 2.33. The van der Waals surface area contributed by atoms with E-state index in [2.05, 4.69) is 22.3 Å². The molecule has 1 aromatic carbocycles. The number of hydrogen-bond donors (Lipinski definition) is 2. The summed E-state index contributed by atoms with van der Waals surface area (Å²) in [6.07, 6.45) is 6.51. The molecule has 4 heteroatoms. The van der Waals surface area contributed by atoms with Gasteiger partial charge in [0.15, 0.2) is 0 Å². The van der Waals surface area contributed by atoms with E-state index in [0.29, 0.717) is 0 Å². The second-order valence-electron chi connectivity index (χ2n) is 5.49. The van der Waals surface area contributed by atoms with Crippen LogP contribution in [-0.4, -0.2) is 19.0 Å². The highest BCUT2D eigenvalue weighted by molar-refractivity contribution is 6.02. The minimum atomic E-state index is -0.503. The van der Waals surface area contributed by atoms with E-state index in [1.54, 1.807) is 0 Å². The lowest BCUT2D eigenvalue weighted by atomic mass is 10.1. The van der Waals surface area contributed by atoms with Gasteiger partial charge in [0.1, 0.15) is 6.04 Å². The van der Waals surface area contributed by atoms with Crippen LogP contribution < -0.4 is 16.0 Å². The largest absolute Gasteiger partial charge is 0.371 e. The maximum atomic E-state index is 11.6. The molecular formula is C15H21N3O. The fourth-order valence-corrected chi connectivity index (χ4v) is 2.98. The van der Waals surface area contributed by atoms with Gasteiger partial charge in [0, 0.05) is 30.0 Å². The number of nitrogens with two attached hydrogens (primary N) is 1. The normalized spacial score (nSPS) is 23.5. The molecule has 3 N–H and O–H groups in total. The Morgan fingerprint density at radius 2 is 1.79 bits per heavy atom. The molecule has 0 radical (unpaired) electrons. The number of carbonyl (C=O) groups excluding carboxylic acids is 1. The lowest BCUT2D eigenvalue weighted by molar-refractivity contribution is -0.116. The van der Waals surface area contributed by atoms with Crippen molar-refractivity contribution in [2.45, 2.75) is 38.1 Å². The van der Waals surface area contributed by atoms with E-state index in [1.807, 2.05) is 6.07 Å². The smallest absolute Gasteiger partial charge is 0.245 e. The van der Waals surface area contributed by atoms with Gasteiger partial charge in [-0.25, -0.2) is 0 Å². The van der Waals surface area contributed by atoms with Gasteiger partial charge in [-0.2, -0.15) is 0 Å². The zero-order valence-electron chi connectivity index (χ0n) is 11.2. The number of benzene rings is 1. The Morgan fingerprint density at radius 1 is 1.11 bits per heavy atom. The molecule has 4 nitrogen and oxygen atoms in total. The van der Waals surface area contributed by atoms with Gasteiger partial charge < -0.3 is 16.0 Å². The average Bonchev–Trinajstić information content (AvgIpc) is 2.64. The number of nitrogens with zero attached hydrogens (tertiary/aromatic N) is 1. The molecule has 1 amide bonds. The van der Waals surface area contributed by atoms with Crippen molar-refractivity contribution in [3.63, 3.8) is 0 Å². The molecule has 1 unspecified atom stereocenters. The molecule has 19 heavy (non-hydrogen) atoms. The van der Waals surface area contributed by atoms with E-state index in [9.17, 15) is 4.79 Å². The first kappa shape index (κ1) is 12.5. The van der Waals surface area contributed by atoms with Gasteiger partial charge in [-0.3, -0.25) is 4.79 Å². The maximum absolute atomic E-state index is 11.6. The fraction of sp³-hybridized carbons (Fsp3) is 0.533. The fourth-order valence-electron chi connectivity index (χ4n) is 2.98. The van der Waals surface area contributed by atoms with Crippen LogP contribution in [-0.2, 0) is 4.79 Å². The van der Waals surface area contributed by atoms with Crippen molar-refractivity contribution in [1.82, 2.24) is 0 Å². The first-order valence-electron chi connectivity index (χ1n) is 7.21. The summed E-state index contributed by atoms with van der Waals surface area (Å²) in [4.78, 5) is 14.0. The lowest BCUT2D eigenvalue weighted by Crippen LogP contribution is -2.26. The third-order valence-electron chi connectivity index (χ3n) is 4.13. The quantitative estimate of drug-likeness (QED) is 0.814. The molecule has 0 bridgehead atoms. The predicted octanol–water partition coefficient (Wildman–Crippen LogP) is 2.41. The number of anilines is 2. The Kier molecular flexibility index (Phi) is 3.42. The first-order chi connectivity index (χ1) is 9.25. The van der Waals surface area contributed by atoms with Crippen molar-refractivity contribution in [2.24, 2.45) is 5.73 Å². The molecule has 3 rings (SSSR count). The van der Waals surface area contributed by atoms with Crippen molar-refractivity contribution in [3.8, 4) is 0 Å². The van der Waals surface area contributed by atoms with Gasteiger partial charge in [-0.05, 0) is 25.0 Å². The molecule has 0 spiro atoms. The van der Waals surface area contributed by atoms with Crippen LogP contribution in [0.25, 0.3) is 0 Å². The van der Waals surface area contributed by atoms with Crippen molar-refractivity contribution in [3.05, 3.63) is 23.8 Å². The number of carbonyl (C=O) groups is 1. The summed E-state index contributed by atoms with van der Waals surface area (Å²) in [6, 6.07) is 5.66. The first-order valence-corrected chi connectivity index (χ1v) is 7.21. The van der Waals surface area contributed by atoms with E-state index in [0.717, 1.165) is 24.3 Å². The van der Waals surface area contributed by atoms with Crippen LogP contribution in [0.1, 0.15) is 43.7 Å². The zero-order valence-corrected chi connectivity index (χ0v) is 11.2. The second kappa shape index (κ2) is 5.21. The van der Waals surface area contributed by atoms with Gasteiger partial charge in [-0.15, -0.1) is 0 Å². The van der Waals surface area contributed by atoms with Crippen molar-refractivity contribution >= 4 is 17.3 Å². The Morgan fingerprint density at radius 3 is 2.53 bits per heavy atom. The van der Waals surface area contributed by atoms with Gasteiger partial charge in [0.05, 0.1) is 0 Å². The van der Waals surface area contributed by atoms with E-state index in [1.165, 1.54) is 37.8 Å². The number of rotatable bonds is 1. The number of hydrogen-bond acceptors (Lipinski definition) is 3. The van der Waals surface area contributed by atoms with E-state index in [-0.39, 0.29) is 5.91 Å². The van der Waals surface area contributed by atoms with Crippen LogP contribution in [0.2, 0.25) is 0 Å². The zero-order chi connectivity index (χ0) is 13.2. The molecule has 1 aromatic rings. The summed E-state index contributed by atoms with van der Waals surface area (Å²) < 4.78 is 0. The third-order valence-corrected chi connectivity index (χ3v) is 4.13. The van der Waals surface area contributed by atoms with Gasteiger partial charge >= 0.3 is 0 Å². The molecule has 0 aromatic heterocycles. The SMILES string of the molecule is NC1C(=O)Nc2cc(N3CCCCCCC3)ccc21. The molecule has 0 aliphatic carbocycles. The van der Waals surface area contributed by atoms with Gasteiger partial charge in [-0.1, -0.05) is 25.3 Å². The van der Waals surface area contributed by atoms with Crippen molar-refractivity contribution < 1.29 is 4.79 Å². The topological polar surface area (TPSA) is 58.4 Å². The van der Waals surface area contributed by atoms with Crippen LogP contribution in [0.3, 0.4) is 0 Å². The van der Waals surface area contributed by atoms with Crippen LogP contribution in [0.4, 0.5) is 11.4 Å². The lowest BCUT2D eigenvalue weighted by Gasteiger charge is -2.27. The molecule has 2 heterocycles. The minimum Gasteiger partial charge on any atom is -0.371 e. The second-order valence-corrected chi connectivity index (χ2v) is 5.49. The molecule has 2 aliphatic heterocycles. The Hall–Kier alpha value is -1.55. The Bertz CT molecular complexity index is 478. The predicted molar refractivity (Wildman–Crippen MR) is 77.3 cm³/mol. The van der Waals surface area contributed by atoms with Crippen LogP contribution in [0.5, 0.6) is 0 Å². The molecule has 0 saturated carbocycles. The van der Waals surface area contributed by atoms with E-state index >= 15 is 0 Å². The Labute approximate surface area is 114 Å². The van der Waals surface area contributed by atoms with E-state index in [4.69, 9.17) is 5.73 Å². The van der Waals surface area contributed by atoms with E-state index < -0.39 is 6.04 Å². The minimum absolute atomic E-state index is 0.0974. The molecule has 1 atom stereocenters. The average molecular weight is 259 g/mol. The Balaban J connectivity index is 1.82. The number of amides is 1. The van der Waals surface area contributed by atoms with Crippen LogP contribution in [0, 0.1) is 0 Å². The summed E-state index contributed by atoms with van der Waals surface area (Å²) in [5, 5.41) is 2.86. The van der Waals surface area contributed by atoms with Crippen molar-refractivity contribution in [1.29, 1.82) is 0 Å².